The van der Waals surface area contributed by atoms with Gasteiger partial charge >= 0.3 is 6.18 Å². The molecule has 3 aromatic rings. The van der Waals surface area contributed by atoms with Gasteiger partial charge in [0.05, 0.1) is 22.2 Å². The Morgan fingerprint density at radius 2 is 1.62 bits per heavy atom. The molecule has 42 heavy (non-hydrogen) atoms. The van der Waals surface area contributed by atoms with Gasteiger partial charge in [0.1, 0.15) is 0 Å². The Hall–Kier alpha value is -3.59. The third-order valence-electron chi connectivity index (χ3n) is 9.28. The molecule has 2 saturated heterocycles. The van der Waals surface area contributed by atoms with Crippen LogP contribution in [0.25, 0.3) is 0 Å². The van der Waals surface area contributed by atoms with Crippen LogP contribution in [0.2, 0.25) is 5.02 Å². The average molecular weight is 597 g/mol. The molecule has 2 aliphatic heterocycles. The lowest BCUT2D eigenvalue weighted by Crippen LogP contribution is -2.48. The molecule has 1 aliphatic carbocycles. The number of pyridine rings is 1. The van der Waals surface area contributed by atoms with Crippen LogP contribution in [0.1, 0.15) is 75.6 Å². The van der Waals surface area contributed by atoms with Crippen molar-refractivity contribution in [3.8, 4) is 0 Å². The Labute approximate surface area is 247 Å². The van der Waals surface area contributed by atoms with E-state index in [9.17, 15) is 22.8 Å². The third kappa shape index (κ3) is 5.71. The Morgan fingerprint density at radius 1 is 0.929 bits per heavy atom. The summed E-state index contributed by atoms with van der Waals surface area (Å²) >= 11 is 6.09. The van der Waals surface area contributed by atoms with Crippen molar-refractivity contribution in [2.24, 2.45) is 5.41 Å². The fourth-order valence-electron chi connectivity index (χ4n) is 6.66. The minimum atomic E-state index is -4.58. The second kappa shape index (κ2) is 11.2. The number of nitrogens with one attached hydrogen (secondary N) is 1. The van der Waals surface area contributed by atoms with Gasteiger partial charge in [-0.15, -0.1) is 0 Å². The predicted molar refractivity (Wildman–Crippen MR) is 155 cm³/mol. The molecule has 3 aliphatic rings. The van der Waals surface area contributed by atoms with Crippen molar-refractivity contribution in [2.45, 2.75) is 50.7 Å². The number of piperidine rings is 2. The summed E-state index contributed by atoms with van der Waals surface area (Å²) in [6, 6.07) is 12.0. The van der Waals surface area contributed by atoms with Gasteiger partial charge in [0.15, 0.2) is 0 Å². The maximum Gasteiger partial charge on any atom is 0.416 e. The predicted octanol–water partition coefficient (Wildman–Crippen LogP) is 6.69. The molecule has 1 spiro atoms. The second-order valence-electron chi connectivity index (χ2n) is 11.7. The number of benzene rings is 2. The fourth-order valence-corrected chi connectivity index (χ4v) is 6.86. The molecular weight excluding hydrogens is 565 g/mol. The number of carbonyl (C=O) groups is 2. The molecule has 1 atom stereocenters. The molecule has 2 aromatic carbocycles. The number of hydrogen-bond acceptors (Lipinski definition) is 4. The lowest BCUT2D eigenvalue weighted by atomic mass is 9.71. The van der Waals surface area contributed by atoms with E-state index in [1.54, 1.807) is 0 Å². The van der Waals surface area contributed by atoms with Crippen molar-refractivity contribution in [3.63, 3.8) is 0 Å². The van der Waals surface area contributed by atoms with E-state index in [4.69, 9.17) is 11.6 Å². The lowest BCUT2D eigenvalue weighted by Gasteiger charge is -2.47. The summed E-state index contributed by atoms with van der Waals surface area (Å²) < 4.78 is 39.6. The summed E-state index contributed by atoms with van der Waals surface area (Å²) in [5.74, 6) is -0.697. The number of rotatable bonds is 4. The van der Waals surface area contributed by atoms with E-state index in [-0.39, 0.29) is 21.9 Å². The first-order valence-electron chi connectivity index (χ1n) is 14.4. The van der Waals surface area contributed by atoms with E-state index in [0.717, 1.165) is 68.1 Å². The highest BCUT2D eigenvalue weighted by molar-refractivity contribution is 6.33. The summed E-state index contributed by atoms with van der Waals surface area (Å²) in [7, 11) is 0. The summed E-state index contributed by atoms with van der Waals surface area (Å²) in [4.78, 5) is 35.0. The number of carbonyl (C=O) groups excluding carboxylic acids is 2. The minimum Gasteiger partial charge on any atom is -0.371 e. The van der Waals surface area contributed by atoms with Crippen molar-refractivity contribution in [2.75, 3.05) is 31.1 Å². The quantitative estimate of drug-likeness (QED) is 0.364. The Morgan fingerprint density at radius 3 is 2.31 bits per heavy atom. The Bertz CT molecular complexity index is 1480. The van der Waals surface area contributed by atoms with E-state index in [2.05, 4.69) is 15.2 Å². The molecule has 0 bridgehead atoms. The van der Waals surface area contributed by atoms with E-state index >= 15 is 0 Å². The van der Waals surface area contributed by atoms with E-state index in [1.165, 1.54) is 5.69 Å². The topological polar surface area (TPSA) is 65.5 Å². The summed E-state index contributed by atoms with van der Waals surface area (Å²) in [5, 5.41) is 2.80. The molecule has 1 aromatic heterocycles. The summed E-state index contributed by atoms with van der Waals surface area (Å²) in [5.41, 5.74) is 2.73. The molecule has 10 heteroatoms. The molecule has 220 valence electrons. The van der Waals surface area contributed by atoms with Gasteiger partial charge in [0.2, 0.25) is 0 Å². The number of alkyl halides is 3. The van der Waals surface area contributed by atoms with Crippen LogP contribution in [0.3, 0.4) is 0 Å². The highest BCUT2D eigenvalue weighted by Crippen LogP contribution is 2.42. The largest absolute Gasteiger partial charge is 0.416 e. The molecule has 2 amide bonds. The lowest BCUT2D eigenvalue weighted by molar-refractivity contribution is -0.137. The van der Waals surface area contributed by atoms with Crippen molar-refractivity contribution >= 4 is 29.1 Å². The molecular formula is C32H32ClF3N4O2. The van der Waals surface area contributed by atoms with Crippen LogP contribution in [-0.4, -0.2) is 47.9 Å². The van der Waals surface area contributed by atoms with Crippen LogP contribution >= 0.6 is 11.6 Å². The first-order chi connectivity index (χ1) is 20.1. The molecule has 0 radical (unpaired) electrons. The smallest absolute Gasteiger partial charge is 0.371 e. The first-order valence-corrected chi connectivity index (χ1v) is 14.7. The zero-order valence-corrected chi connectivity index (χ0v) is 23.8. The van der Waals surface area contributed by atoms with E-state index < -0.39 is 23.7 Å². The van der Waals surface area contributed by atoms with Gasteiger partial charge in [0, 0.05) is 49.8 Å². The summed E-state index contributed by atoms with van der Waals surface area (Å²) in [6.45, 7) is 3.42. The molecule has 1 unspecified atom stereocenters. The minimum absolute atomic E-state index is 0.0280. The average Bonchev–Trinajstić information content (AvgIpc) is 3.39. The monoisotopic (exact) mass is 596 g/mol. The van der Waals surface area contributed by atoms with Gasteiger partial charge in [-0.2, -0.15) is 13.2 Å². The number of aryl methyl sites for hydroxylation is 1. The highest BCUT2D eigenvalue weighted by Gasteiger charge is 2.39. The van der Waals surface area contributed by atoms with Crippen LogP contribution < -0.4 is 10.2 Å². The molecule has 3 heterocycles. The van der Waals surface area contributed by atoms with Crippen molar-refractivity contribution in [1.82, 2.24) is 15.2 Å². The number of nitrogens with zero attached hydrogens (tertiary/aromatic N) is 3. The molecule has 2 fully saturated rings. The van der Waals surface area contributed by atoms with Gasteiger partial charge in [-0.05, 0) is 97.5 Å². The molecule has 6 rings (SSSR count). The molecule has 0 saturated carbocycles. The van der Waals surface area contributed by atoms with Gasteiger partial charge in [-0.3, -0.25) is 14.6 Å². The van der Waals surface area contributed by atoms with Gasteiger partial charge in [-0.1, -0.05) is 17.7 Å². The van der Waals surface area contributed by atoms with Crippen LogP contribution in [0.15, 0.2) is 60.9 Å². The second-order valence-corrected chi connectivity index (χ2v) is 12.1. The van der Waals surface area contributed by atoms with Gasteiger partial charge < -0.3 is 15.1 Å². The number of anilines is 1. The van der Waals surface area contributed by atoms with Crippen molar-refractivity contribution < 1.29 is 22.8 Å². The van der Waals surface area contributed by atoms with Gasteiger partial charge in [-0.25, -0.2) is 0 Å². The van der Waals surface area contributed by atoms with Crippen LogP contribution in [-0.2, 0) is 12.6 Å². The summed E-state index contributed by atoms with van der Waals surface area (Å²) in [6.07, 6.45) is 4.53. The molecule has 1 N–H and O–H groups in total. The molecule has 6 nitrogen and oxygen atoms in total. The van der Waals surface area contributed by atoms with E-state index in [0.29, 0.717) is 31.5 Å². The third-order valence-corrected chi connectivity index (χ3v) is 9.61. The number of likely N-dealkylation sites (tertiary alicyclic amines) is 1. The zero-order valence-electron chi connectivity index (χ0n) is 23.1. The highest BCUT2D eigenvalue weighted by atomic mass is 35.5. The zero-order chi connectivity index (χ0) is 29.5. The Balaban J connectivity index is 1.09. The first kappa shape index (κ1) is 28.5. The number of amides is 2. The SMILES string of the molecule is O=C(NC1CCc2ccc(C(=O)N3CCC4(CC3)CCN(c3ccncc3)CC4)cc21)c1cc(C(F)(F)F)ccc1Cl. The van der Waals surface area contributed by atoms with Crippen molar-refractivity contribution in [3.05, 3.63) is 93.8 Å². The number of fused-ring (bicyclic) bond motifs is 1. The van der Waals surface area contributed by atoms with Crippen LogP contribution in [0, 0.1) is 5.41 Å². The van der Waals surface area contributed by atoms with Crippen LogP contribution in [0.5, 0.6) is 0 Å². The normalized spacial score (nSPS) is 20.0. The number of halogens is 4. The fraction of sp³-hybridized carbons (Fsp3) is 0.406. The van der Waals surface area contributed by atoms with E-state index in [1.807, 2.05) is 47.6 Å². The standard InChI is InChI=1S/C32H32ClF3N4O2/c33-27-5-4-23(32(34,35)36)20-26(27)29(41)38-28-6-3-21-1-2-22(19-25(21)28)30(42)40-17-11-31(12-18-40)9-15-39(16-10-31)24-7-13-37-14-8-24/h1-2,4-5,7-8,13-14,19-20,28H,3,6,9-12,15-18H2,(H,38,41). The van der Waals surface area contributed by atoms with Gasteiger partial charge in [0.25, 0.3) is 11.8 Å². The maximum atomic E-state index is 13.5. The number of aromatic nitrogens is 1. The van der Waals surface area contributed by atoms with Crippen LogP contribution in [0.4, 0.5) is 18.9 Å². The van der Waals surface area contributed by atoms with Crippen molar-refractivity contribution in [1.29, 1.82) is 0 Å². The maximum absolute atomic E-state index is 13.5. The number of hydrogen-bond donors (Lipinski definition) is 1. The Kier molecular flexibility index (Phi) is 7.64.